The van der Waals surface area contributed by atoms with Crippen molar-refractivity contribution in [3.8, 4) is 0 Å². The predicted molar refractivity (Wildman–Crippen MR) is 213 cm³/mol. The van der Waals surface area contributed by atoms with Crippen molar-refractivity contribution in [2.45, 2.75) is 77.0 Å². The van der Waals surface area contributed by atoms with Gasteiger partial charge in [-0.05, 0) is 115 Å². The molecule has 3 rings (SSSR count). The van der Waals surface area contributed by atoms with Crippen LogP contribution in [0.15, 0.2) is 51.1 Å². The molecule has 0 amide bonds. The molecule has 0 atom stereocenters. The van der Waals surface area contributed by atoms with Gasteiger partial charge in [0.1, 0.15) is 30.1 Å². The fourth-order valence-electron chi connectivity index (χ4n) is 6.16. The monoisotopic (exact) mass is 841 g/mol. The van der Waals surface area contributed by atoms with E-state index in [0.29, 0.717) is 33.4 Å². The van der Waals surface area contributed by atoms with Crippen LogP contribution in [0.25, 0.3) is 14.2 Å². The summed E-state index contributed by atoms with van der Waals surface area (Å²) in [6, 6.07) is 10.8. The smallest absolute Gasteiger partial charge is 0.544 e. The average Bonchev–Trinajstić information content (AvgIpc) is 2.89. The molecule has 3 N–H and O–H groups in total. The van der Waals surface area contributed by atoms with Gasteiger partial charge in [0.25, 0.3) is 0 Å². The minimum atomic E-state index is -3.96. The molecule has 3 aromatic carbocycles. The number of nitrogens with zero attached hydrogens (tertiary/aromatic N) is 5. The average molecular weight is 842 g/mol. The van der Waals surface area contributed by atoms with E-state index in [1.807, 2.05) is 20.8 Å². The summed E-state index contributed by atoms with van der Waals surface area (Å²) >= 11 is 0. The molecule has 0 aliphatic heterocycles. The molecule has 0 radical (unpaired) electrons. The summed E-state index contributed by atoms with van der Waals surface area (Å²) in [6.45, 7) is 16.1. The van der Waals surface area contributed by atoms with Crippen LogP contribution in [0.4, 0.5) is 0 Å². The zero-order chi connectivity index (χ0) is 39.1. The SMILES string of the molecule is C[N+](C)(C)C.Cc1cc(C)c(S(=O)(=O)[N-]CCN(CC[N-]S(=O)(=O)c2c(C)cc(C)cc2C)CC[N-]S(=O)(=O)c2c(C)cc(C)cc2C)c(C)c1.[Co+3].[OH3+]. The maximum Gasteiger partial charge on any atom is 3.00 e. The van der Waals surface area contributed by atoms with Crippen molar-refractivity contribution < 1.29 is 52.0 Å². The van der Waals surface area contributed by atoms with Crippen LogP contribution < -0.4 is 0 Å². The minimum absolute atomic E-state index is 0. The predicted octanol–water partition coefficient (Wildman–Crippen LogP) is 5.75. The van der Waals surface area contributed by atoms with Crippen LogP contribution in [-0.4, -0.2) is 102 Å². The standard InChI is InChI=1S/C33H45N4O6S3.C4H12N.Co.H2O/c1-22-16-25(4)31(26(5)17-22)44(38,39)34-10-13-37(14-11-35-45(40,41)32-27(6)18-23(2)19-28(32)7)15-12-36-46(42,43)33-29(8)20-24(3)21-30(33)9;1-5(2,3)4;;/h16-21H,10-15H2,1-9H3;1-4H3;;1H2/q-3;+1;+3;/p+1. The number of rotatable bonds is 15. The van der Waals surface area contributed by atoms with E-state index in [-0.39, 0.29) is 76.2 Å². The van der Waals surface area contributed by atoms with Gasteiger partial charge in [0.05, 0.1) is 42.9 Å². The minimum Gasteiger partial charge on any atom is -0.544 e. The number of quaternary nitrogens is 1. The third-order valence-electron chi connectivity index (χ3n) is 7.62. The summed E-state index contributed by atoms with van der Waals surface area (Å²) in [5.74, 6) is 0. The Bertz CT molecular complexity index is 1730. The Hall–Kier alpha value is -2.22. The molecule has 53 heavy (non-hydrogen) atoms. The van der Waals surface area contributed by atoms with Crippen molar-refractivity contribution in [3.63, 3.8) is 0 Å². The van der Waals surface area contributed by atoms with Crippen LogP contribution in [0.5, 0.6) is 0 Å². The molecular weight excluding hydrogens is 782 g/mol. The summed E-state index contributed by atoms with van der Waals surface area (Å²) in [7, 11) is -3.38. The van der Waals surface area contributed by atoms with Gasteiger partial charge in [0.2, 0.25) is 0 Å². The number of benzene rings is 3. The first-order valence-corrected chi connectivity index (χ1v) is 21.1. The van der Waals surface area contributed by atoms with Crippen molar-refractivity contribution in [3.05, 3.63) is 101 Å². The summed E-state index contributed by atoms with van der Waals surface area (Å²) in [5.41, 5.74) is 6.48. The second kappa shape index (κ2) is 20.6. The van der Waals surface area contributed by atoms with Crippen molar-refractivity contribution in [1.82, 2.24) is 4.90 Å². The fraction of sp³-hybridized carbons (Fsp3) is 0.514. The van der Waals surface area contributed by atoms with E-state index >= 15 is 0 Å². The second-order valence-electron chi connectivity index (χ2n) is 14.7. The molecule has 0 aliphatic rings. The first-order valence-electron chi connectivity index (χ1n) is 16.8. The van der Waals surface area contributed by atoms with Gasteiger partial charge in [0, 0.05) is 0 Å². The number of hydrogen-bond donors (Lipinski definition) is 0. The summed E-state index contributed by atoms with van der Waals surface area (Å²) in [4.78, 5) is 2.23. The van der Waals surface area contributed by atoms with Gasteiger partial charge in [-0.3, -0.25) is 0 Å². The molecule has 300 valence electrons. The van der Waals surface area contributed by atoms with E-state index in [1.165, 1.54) is 0 Å². The molecule has 0 heterocycles. The molecule has 3 aromatic rings. The van der Waals surface area contributed by atoms with Crippen LogP contribution in [-0.2, 0) is 52.3 Å². The zero-order valence-electron chi connectivity index (χ0n) is 33.5. The quantitative estimate of drug-likeness (QED) is 0.138. The number of hydrogen-bond acceptors (Lipinski definition) is 7. The van der Waals surface area contributed by atoms with Crippen LogP contribution in [0.1, 0.15) is 50.1 Å². The molecule has 0 fully saturated rings. The van der Waals surface area contributed by atoms with Crippen molar-refractivity contribution >= 4 is 30.1 Å². The Morgan fingerprint density at radius 3 is 0.792 bits per heavy atom. The summed E-state index contributed by atoms with van der Waals surface area (Å²) in [6.07, 6.45) is 0. The Labute approximate surface area is 330 Å². The summed E-state index contributed by atoms with van der Waals surface area (Å²) in [5, 5.41) is 0. The molecule has 0 saturated heterocycles. The van der Waals surface area contributed by atoms with Crippen LogP contribution >= 0.6 is 0 Å². The Balaban J connectivity index is 0.00000361. The first-order chi connectivity index (χ1) is 23.2. The largest absolute Gasteiger partial charge is 3.00 e. The maximum atomic E-state index is 13.2. The molecule has 16 heteroatoms. The van der Waals surface area contributed by atoms with Crippen LogP contribution in [0.3, 0.4) is 0 Å². The molecule has 0 saturated carbocycles. The van der Waals surface area contributed by atoms with Crippen molar-refractivity contribution in [2.24, 2.45) is 0 Å². The molecule has 0 aliphatic carbocycles. The van der Waals surface area contributed by atoms with E-state index < -0.39 is 30.1 Å². The normalized spacial score (nSPS) is 12.1. The zero-order valence-corrected chi connectivity index (χ0v) is 37.0. The van der Waals surface area contributed by atoms with E-state index in [2.05, 4.69) is 42.4 Å². The third kappa shape index (κ3) is 15.8. The Morgan fingerprint density at radius 1 is 0.453 bits per heavy atom. The first kappa shape index (κ1) is 50.8. The molecule has 0 bridgehead atoms. The van der Waals surface area contributed by atoms with E-state index in [4.69, 9.17) is 0 Å². The van der Waals surface area contributed by atoms with Crippen LogP contribution in [0.2, 0.25) is 0 Å². The third-order valence-corrected chi connectivity index (χ3v) is 12.7. The van der Waals surface area contributed by atoms with Gasteiger partial charge in [-0.25, -0.2) is 25.3 Å². The van der Waals surface area contributed by atoms with Gasteiger partial charge in [-0.2, -0.15) is 0 Å². The van der Waals surface area contributed by atoms with Gasteiger partial charge in [-0.15, -0.1) is 19.6 Å². The maximum absolute atomic E-state index is 13.2. The second-order valence-corrected chi connectivity index (χ2v) is 19.5. The van der Waals surface area contributed by atoms with Crippen molar-refractivity contribution in [2.75, 3.05) is 67.5 Å². The van der Waals surface area contributed by atoms with Crippen LogP contribution in [0, 0.1) is 62.3 Å². The van der Waals surface area contributed by atoms with Gasteiger partial charge >= 0.3 is 16.8 Å². The van der Waals surface area contributed by atoms with E-state index in [9.17, 15) is 25.3 Å². The number of aryl methyl sites for hydroxylation is 9. The van der Waals surface area contributed by atoms with Crippen molar-refractivity contribution in [1.29, 1.82) is 0 Å². The van der Waals surface area contributed by atoms with Gasteiger partial charge in [0.15, 0.2) is 0 Å². The molecular formula is C37H60CoN5O7S3+2. The summed E-state index contributed by atoms with van der Waals surface area (Å²) < 4.78 is 92.1. The molecule has 12 nitrogen and oxygen atoms in total. The topological polar surface area (TPSA) is 181 Å². The fourth-order valence-corrected chi connectivity index (χ4v) is 10.3. The van der Waals surface area contributed by atoms with Gasteiger partial charge < -0.3 is 29.0 Å². The Kier molecular flexibility index (Phi) is 19.8. The van der Waals surface area contributed by atoms with E-state index in [0.717, 1.165) is 21.2 Å². The Morgan fingerprint density at radius 2 is 0.623 bits per heavy atom. The molecule has 0 unspecified atom stereocenters. The number of sulfonamides is 3. The van der Waals surface area contributed by atoms with Gasteiger partial charge in [-0.1, -0.05) is 53.1 Å². The van der Waals surface area contributed by atoms with E-state index in [1.54, 1.807) is 82.8 Å². The molecule has 0 aromatic heterocycles. The molecule has 0 spiro atoms.